The lowest BCUT2D eigenvalue weighted by molar-refractivity contribution is 0.120. The highest BCUT2D eigenvalue weighted by Gasteiger charge is 2.34. The van der Waals surface area contributed by atoms with E-state index in [0.29, 0.717) is 5.41 Å². The van der Waals surface area contributed by atoms with Gasteiger partial charge in [0.1, 0.15) is 5.82 Å². The summed E-state index contributed by atoms with van der Waals surface area (Å²) in [6.45, 7) is 5.29. The number of rotatable bonds is 5. The SMILES string of the molecule is CCC1(CNC(C)c2ccc(Br)cc2F)CCC1. The summed E-state index contributed by atoms with van der Waals surface area (Å²) in [7, 11) is 0. The largest absolute Gasteiger partial charge is 0.310 e. The van der Waals surface area contributed by atoms with Crippen LogP contribution in [0.2, 0.25) is 0 Å². The summed E-state index contributed by atoms with van der Waals surface area (Å²) in [5.74, 6) is -0.136. The molecule has 0 spiro atoms. The lowest BCUT2D eigenvalue weighted by Gasteiger charge is -2.42. The Balaban J connectivity index is 1.97. The molecule has 1 nitrogen and oxygen atoms in total. The van der Waals surface area contributed by atoms with Gasteiger partial charge in [-0.15, -0.1) is 0 Å². The smallest absolute Gasteiger partial charge is 0.129 e. The summed E-state index contributed by atoms with van der Waals surface area (Å²) in [4.78, 5) is 0. The van der Waals surface area contributed by atoms with Gasteiger partial charge in [-0.3, -0.25) is 0 Å². The number of benzene rings is 1. The highest BCUT2D eigenvalue weighted by atomic mass is 79.9. The molecule has 100 valence electrons. The van der Waals surface area contributed by atoms with Gasteiger partial charge in [-0.2, -0.15) is 0 Å². The summed E-state index contributed by atoms with van der Waals surface area (Å²) in [6, 6.07) is 5.36. The van der Waals surface area contributed by atoms with Gasteiger partial charge in [0, 0.05) is 22.6 Å². The van der Waals surface area contributed by atoms with Gasteiger partial charge in [0.2, 0.25) is 0 Å². The maximum absolute atomic E-state index is 13.8. The van der Waals surface area contributed by atoms with Crippen molar-refractivity contribution in [2.75, 3.05) is 6.54 Å². The quantitative estimate of drug-likeness (QED) is 0.821. The summed E-state index contributed by atoms with van der Waals surface area (Å²) >= 11 is 3.29. The molecule has 1 aliphatic carbocycles. The van der Waals surface area contributed by atoms with E-state index in [9.17, 15) is 4.39 Å². The van der Waals surface area contributed by atoms with Crippen LogP contribution in [-0.2, 0) is 0 Å². The second kappa shape index (κ2) is 5.70. The molecule has 0 amide bonds. The first-order valence-electron chi connectivity index (χ1n) is 6.75. The summed E-state index contributed by atoms with van der Waals surface area (Å²) in [6.07, 6.45) is 5.18. The second-order valence-corrected chi connectivity index (χ2v) is 6.39. The third-order valence-corrected chi connectivity index (χ3v) is 4.87. The Bertz CT molecular complexity index is 409. The Morgan fingerprint density at radius 3 is 2.67 bits per heavy atom. The molecule has 0 aliphatic heterocycles. The third kappa shape index (κ3) is 2.94. The van der Waals surface area contributed by atoms with Crippen LogP contribution in [0.3, 0.4) is 0 Å². The molecule has 1 atom stereocenters. The Kier molecular flexibility index (Phi) is 4.44. The summed E-state index contributed by atoms with van der Waals surface area (Å²) < 4.78 is 14.6. The van der Waals surface area contributed by atoms with Crippen molar-refractivity contribution in [1.29, 1.82) is 0 Å². The Hall–Kier alpha value is -0.410. The lowest BCUT2D eigenvalue weighted by atomic mass is 9.67. The first-order chi connectivity index (χ1) is 8.56. The molecular weight excluding hydrogens is 293 g/mol. The van der Waals surface area contributed by atoms with E-state index in [1.54, 1.807) is 0 Å². The Morgan fingerprint density at radius 1 is 1.44 bits per heavy atom. The fourth-order valence-corrected chi connectivity index (χ4v) is 3.00. The van der Waals surface area contributed by atoms with Crippen molar-refractivity contribution >= 4 is 15.9 Å². The van der Waals surface area contributed by atoms with Crippen LogP contribution in [-0.4, -0.2) is 6.54 Å². The van der Waals surface area contributed by atoms with Crippen LogP contribution in [0.1, 0.15) is 51.1 Å². The number of hydrogen-bond donors (Lipinski definition) is 1. The zero-order valence-corrected chi connectivity index (χ0v) is 12.7. The van der Waals surface area contributed by atoms with E-state index in [1.165, 1.54) is 31.7 Å². The predicted octanol–water partition coefficient (Wildman–Crippen LogP) is 4.82. The first-order valence-corrected chi connectivity index (χ1v) is 7.54. The average Bonchev–Trinajstić information content (AvgIpc) is 2.27. The maximum atomic E-state index is 13.8. The van der Waals surface area contributed by atoms with E-state index in [0.717, 1.165) is 16.6 Å². The van der Waals surface area contributed by atoms with Crippen LogP contribution >= 0.6 is 15.9 Å². The van der Waals surface area contributed by atoms with Crippen LogP contribution in [0.25, 0.3) is 0 Å². The van der Waals surface area contributed by atoms with Crippen molar-refractivity contribution in [3.05, 3.63) is 34.1 Å². The second-order valence-electron chi connectivity index (χ2n) is 5.48. The molecule has 0 saturated heterocycles. The zero-order valence-electron chi connectivity index (χ0n) is 11.1. The molecule has 1 aliphatic rings. The van der Waals surface area contributed by atoms with Crippen molar-refractivity contribution in [2.24, 2.45) is 5.41 Å². The molecule has 1 fully saturated rings. The van der Waals surface area contributed by atoms with Crippen LogP contribution in [0.4, 0.5) is 4.39 Å². The average molecular weight is 314 g/mol. The predicted molar refractivity (Wildman–Crippen MR) is 77.1 cm³/mol. The molecule has 1 saturated carbocycles. The molecule has 18 heavy (non-hydrogen) atoms. The van der Waals surface area contributed by atoms with Gasteiger partial charge in [-0.25, -0.2) is 4.39 Å². The number of halogens is 2. The maximum Gasteiger partial charge on any atom is 0.129 e. The molecule has 1 aromatic carbocycles. The molecule has 1 aromatic rings. The van der Waals surface area contributed by atoms with E-state index in [1.807, 2.05) is 19.1 Å². The van der Waals surface area contributed by atoms with Crippen molar-refractivity contribution in [2.45, 2.75) is 45.6 Å². The lowest BCUT2D eigenvalue weighted by Crippen LogP contribution is -2.40. The fourth-order valence-electron chi connectivity index (χ4n) is 2.66. The van der Waals surface area contributed by atoms with Gasteiger partial charge in [-0.1, -0.05) is 35.3 Å². The van der Waals surface area contributed by atoms with Gasteiger partial charge in [0.05, 0.1) is 0 Å². The van der Waals surface area contributed by atoms with E-state index < -0.39 is 0 Å². The van der Waals surface area contributed by atoms with Crippen LogP contribution < -0.4 is 5.32 Å². The molecule has 2 rings (SSSR count). The Labute approximate surface area is 117 Å². The van der Waals surface area contributed by atoms with Gasteiger partial charge < -0.3 is 5.32 Å². The van der Waals surface area contributed by atoms with Crippen molar-refractivity contribution in [3.63, 3.8) is 0 Å². The highest BCUT2D eigenvalue weighted by molar-refractivity contribution is 9.10. The number of nitrogens with one attached hydrogen (secondary N) is 1. The molecule has 0 radical (unpaired) electrons. The van der Waals surface area contributed by atoms with E-state index in [-0.39, 0.29) is 11.9 Å². The summed E-state index contributed by atoms with van der Waals surface area (Å²) in [5, 5.41) is 3.50. The third-order valence-electron chi connectivity index (χ3n) is 4.38. The molecule has 3 heteroatoms. The van der Waals surface area contributed by atoms with Gasteiger partial charge in [0.15, 0.2) is 0 Å². The normalized spacial score (nSPS) is 19.3. The van der Waals surface area contributed by atoms with Crippen molar-refractivity contribution < 1.29 is 4.39 Å². The molecule has 1 N–H and O–H groups in total. The molecule has 0 heterocycles. The minimum Gasteiger partial charge on any atom is -0.310 e. The number of hydrogen-bond acceptors (Lipinski definition) is 1. The topological polar surface area (TPSA) is 12.0 Å². The van der Waals surface area contributed by atoms with Gasteiger partial charge in [0.25, 0.3) is 0 Å². The standard InChI is InChI=1S/C15H21BrFN/c1-3-15(7-4-8-15)10-18-11(2)13-6-5-12(16)9-14(13)17/h5-6,9,11,18H,3-4,7-8,10H2,1-2H3. The van der Waals surface area contributed by atoms with Gasteiger partial charge >= 0.3 is 0 Å². The molecule has 0 aromatic heterocycles. The minimum absolute atomic E-state index is 0.0714. The molecule has 0 bridgehead atoms. The van der Waals surface area contributed by atoms with Crippen LogP contribution in [0, 0.1) is 11.2 Å². The minimum atomic E-state index is -0.136. The van der Waals surface area contributed by atoms with Crippen LogP contribution in [0.15, 0.2) is 22.7 Å². The Morgan fingerprint density at radius 2 is 2.17 bits per heavy atom. The van der Waals surface area contributed by atoms with E-state index in [2.05, 4.69) is 28.2 Å². The first kappa shape index (κ1) is 14.0. The molecule has 1 unspecified atom stereocenters. The highest BCUT2D eigenvalue weighted by Crippen LogP contribution is 2.43. The molecular formula is C15H21BrFN. The van der Waals surface area contributed by atoms with Crippen LogP contribution in [0.5, 0.6) is 0 Å². The van der Waals surface area contributed by atoms with Crippen molar-refractivity contribution in [3.8, 4) is 0 Å². The zero-order chi connectivity index (χ0) is 13.2. The summed E-state index contributed by atoms with van der Waals surface area (Å²) in [5.41, 5.74) is 1.23. The van der Waals surface area contributed by atoms with Gasteiger partial charge in [-0.05, 0) is 43.7 Å². The fraction of sp³-hybridized carbons (Fsp3) is 0.600. The van der Waals surface area contributed by atoms with Crippen molar-refractivity contribution in [1.82, 2.24) is 5.32 Å². The van der Waals surface area contributed by atoms with E-state index >= 15 is 0 Å². The van der Waals surface area contributed by atoms with E-state index in [4.69, 9.17) is 0 Å². The monoisotopic (exact) mass is 313 g/mol.